The topological polar surface area (TPSA) is 75.9 Å². The van der Waals surface area contributed by atoms with Crippen molar-refractivity contribution in [2.75, 3.05) is 10.7 Å². The largest absolute Gasteiger partial charge is 0.367 e. The monoisotopic (exact) mass is 255 g/mol. The van der Waals surface area contributed by atoms with Gasteiger partial charge in [-0.3, -0.25) is 5.43 Å². The van der Waals surface area contributed by atoms with Crippen LogP contribution in [0.3, 0.4) is 0 Å². The normalized spacial score (nSPS) is 17.6. The van der Waals surface area contributed by atoms with E-state index in [0.29, 0.717) is 12.0 Å². The lowest BCUT2D eigenvalue weighted by Crippen LogP contribution is -2.28. The number of aryl methyl sites for hydroxylation is 1. The Morgan fingerprint density at radius 1 is 1.16 bits per heavy atom. The maximum atomic E-state index is 5.31. The number of benzene rings is 1. The molecule has 98 valence electrons. The van der Waals surface area contributed by atoms with Gasteiger partial charge >= 0.3 is 0 Å². The smallest absolute Gasteiger partial charge is 0.239 e. The number of anilines is 2. The Morgan fingerprint density at radius 2 is 2.00 bits per heavy atom. The number of nitrogens with zero attached hydrogens (tertiary/aromatic N) is 2. The number of nitrogens with two attached hydrogens (primary N) is 1. The molecule has 2 aromatic rings. The van der Waals surface area contributed by atoms with Crippen molar-refractivity contribution < 1.29 is 0 Å². The molecule has 1 heterocycles. The van der Waals surface area contributed by atoms with Crippen LogP contribution in [0.1, 0.15) is 17.5 Å². The molecule has 1 aromatic carbocycles. The van der Waals surface area contributed by atoms with Crippen molar-refractivity contribution in [3.63, 3.8) is 0 Å². The first-order valence-corrected chi connectivity index (χ1v) is 6.48. The summed E-state index contributed by atoms with van der Waals surface area (Å²) < 4.78 is 0. The van der Waals surface area contributed by atoms with E-state index < -0.39 is 0 Å². The lowest BCUT2D eigenvalue weighted by Gasteiger charge is -2.25. The third kappa shape index (κ3) is 2.66. The highest BCUT2D eigenvalue weighted by Gasteiger charge is 2.18. The molecule has 0 aliphatic heterocycles. The number of rotatable bonds is 3. The fourth-order valence-corrected chi connectivity index (χ4v) is 2.54. The molecule has 5 nitrogen and oxygen atoms in total. The maximum absolute atomic E-state index is 5.31. The van der Waals surface area contributed by atoms with Crippen LogP contribution >= 0.6 is 0 Å². The summed E-state index contributed by atoms with van der Waals surface area (Å²) in [4.78, 5) is 8.28. The summed E-state index contributed by atoms with van der Waals surface area (Å²) in [5.74, 6) is 6.56. The Bertz CT molecular complexity index is 569. The van der Waals surface area contributed by atoms with Crippen molar-refractivity contribution in [1.29, 1.82) is 0 Å². The van der Waals surface area contributed by atoms with E-state index in [-0.39, 0.29) is 0 Å². The van der Waals surface area contributed by atoms with E-state index in [0.717, 1.165) is 25.1 Å². The third-order valence-corrected chi connectivity index (χ3v) is 3.48. The molecule has 0 saturated heterocycles. The zero-order valence-electron chi connectivity index (χ0n) is 10.6. The van der Waals surface area contributed by atoms with E-state index in [2.05, 4.69) is 45.0 Å². The summed E-state index contributed by atoms with van der Waals surface area (Å²) in [5, 5.41) is 3.45. The van der Waals surface area contributed by atoms with Crippen LogP contribution in [-0.4, -0.2) is 16.0 Å². The zero-order valence-corrected chi connectivity index (χ0v) is 10.6. The van der Waals surface area contributed by atoms with Crippen LogP contribution in [-0.2, 0) is 12.8 Å². The molecule has 3 rings (SSSR count). The van der Waals surface area contributed by atoms with Gasteiger partial charge in [0.25, 0.3) is 0 Å². The van der Waals surface area contributed by atoms with Gasteiger partial charge in [0, 0.05) is 12.2 Å². The fourth-order valence-electron chi connectivity index (χ4n) is 2.54. The number of nitrogens with one attached hydrogen (secondary N) is 2. The van der Waals surface area contributed by atoms with Gasteiger partial charge in [-0.05, 0) is 36.5 Å². The van der Waals surface area contributed by atoms with E-state index in [1.165, 1.54) is 11.1 Å². The van der Waals surface area contributed by atoms with Gasteiger partial charge in [0.05, 0.1) is 0 Å². The molecular weight excluding hydrogens is 238 g/mol. The molecule has 1 atom stereocenters. The highest BCUT2D eigenvalue weighted by atomic mass is 15.3. The second-order valence-corrected chi connectivity index (χ2v) is 4.76. The zero-order chi connectivity index (χ0) is 13.1. The Morgan fingerprint density at radius 3 is 2.84 bits per heavy atom. The number of nitrogen functional groups attached to an aromatic ring is 1. The highest BCUT2D eigenvalue weighted by Crippen LogP contribution is 2.23. The van der Waals surface area contributed by atoms with Gasteiger partial charge in [-0.25, -0.2) is 10.8 Å². The van der Waals surface area contributed by atoms with Crippen LogP contribution in [0.15, 0.2) is 36.5 Å². The van der Waals surface area contributed by atoms with E-state index in [4.69, 9.17) is 5.84 Å². The molecule has 0 saturated carbocycles. The van der Waals surface area contributed by atoms with Gasteiger partial charge in [0.2, 0.25) is 5.95 Å². The lowest BCUT2D eigenvalue weighted by molar-refractivity contribution is 0.608. The molecule has 4 N–H and O–H groups in total. The molecule has 1 aliphatic rings. The van der Waals surface area contributed by atoms with Crippen molar-refractivity contribution in [3.8, 4) is 0 Å². The standard InChI is InChI=1S/C14H17N5/c15-19-14-16-8-7-13(18-14)17-12-6-5-10-3-1-2-4-11(10)9-12/h1-4,7-8,12H,5-6,9,15H2,(H2,16,17,18,19). The molecule has 19 heavy (non-hydrogen) atoms. The average molecular weight is 255 g/mol. The van der Waals surface area contributed by atoms with Crippen LogP contribution in [0, 0.1) is 0 Å². The van der Waals surface area contributed by atoms with Crippen molar-refractivity contribution in [3.05, 3.63) is 47.7 Å². The van der Waals surface area contributed by atoms with Crippen LogP contribution in [0.25, 0.3) is 0 Å². The molecule has 5 heteroatoms. The molecule has 1 unspecified atom stereocenters. The van der Waals surface area contributed by atoms with Gasteiger partial charge in [-0.2, -0.15) is 4.98 Å². The van der Waals surface area contributed by atoms with Crippen LogP contribution in [0.2, 0.25) is 0 Å². The average Bonchev–Trinajstić information content (AvgIpc) is 2.47. The van der Waals surface area contributed by atoms with Gasteiger partial charge in [0.1, 0.15) is 5.82 Å². The van der Waals surface area contributed by atoms with E-state index in [1.807, 2.05) is 6.07 Å². The van der Waals surface area contributed by atoms with Crippen molar-refractivity contribution in [2.24, 2.45) is 5.84 Å². The summed E-state index contributed by atoms with van der Waals surface area (Å²) in [6.07, 6.45) is 4.96. The molecule has 0 radical (unpaired) electrons. The van der Waals surface area contributed by atoms with Gasteiger partial charge in [-0.15, -0.1) is 0 Å². The van der Waals surface area contributed by atoms with Crippen molar-refractivity contribution >= 4 is 11.8 Å². The number of hydrogen-bond donors (Lipinski definition) is 3. The second-order valence-electron chi connectivity index (χ2n) is 4.76. The minimum absolute atomic E-state index is 0.412. The minimum Gasteiger partial charge on any atom is -0.367 e. The third-order valence-electron chi connectivity index (χ3n) is 3.48. The van der Waals surface area contributed by atoms with Gasteiger partial charge < -0.3 is 5.32 Å². The van der Waals surface area contributed by atoms with Crippen LogP contribution in [0.4, 0.5) is 11.8 Å². The SMILES string of the molecule is NNc1nccc(NC2CCc3ccccc3C2)n1. The van der Waals surface area contributed by atoms with Gasteiger partial charge in [-0.1, -0.05) is 24.3 Å². The van der Waals surface area contributed by atoms with Crippen LogP contribution < -0.4 is 16.6 Å². The molecule has 1 aliphatic carbocycles. The number of fused-ring (bicyclic) bond motifs is 1. The Balaban J connectivity index is 1.71. The Kier molecular flexibility index (Phi) is 3.29. The number of aromatic nitrogens is 2. The maximum Gasteiger partial charge on any atom is 0.239 e. The molecule has 0 spiro atoms. The first-order valence-electron chi connectivity index (χ1n) is 6.48. The predicted molar refractivity (Wildman–Crippen MR) is 75.7 cm³/mol. The first kappa shape index (κ1) is 11.9. The summed E-state index contributed by atoms with van der Waals surface area (Å²) in [7, 11) is 0. The van der Waals surface area contributed by atoms with E-state index in [1.54, 1.807) is 6.20 Å². The van der Waals surface area contributed by atoms with Crippen LogP contribution in [0.5, 0.6) is 0 Å². The summed E-state index contributed by atoms with van der Waals surface area (Å²) in [6, 6.07) is 10.9. The van der Waals surface area contributed by atoms with Gasteiger partial charge in [0.15, 0.2) is 0 Å². The minimum atomic E-state index is 0.412. The number of hydrazine groups is 1. The van der Waals surface area contributed by atoms with E-state index >= 15 is 0 Å². The highest BCUT2D eigenvalue weighted by molar-refractivity contribution is 5.41. The first-order chi connectivity index (χ1) is 9.35. The number of hydrogen-bond acceptors (Lipinski definition) is 5. The summed E-state index contributed by atoms with van der Waals surface area (Å²) in [6.45, 7) is 0. The molecule has 0 amide bonds. The predicted octanol–water partition coefficient (Wildman–Crippen LogP) is 1.73. The molecular formula is C14H17N5. The second kappa shape index (κ2) is 5.24. The van der Waals surface area contributed by atoms with E-state index in [9.17, 15) is 0 Å². The summed E-state index contributed by atoms with van der Waals surface area (Å²) >= 11 is 0. The van der Waals surface area contributed by atoms with Crippen molar-refractivity contribution in [2.45, 2.75) is 25.3 Å². The Labute approximate surface area is 112 Å². The molecule has 0 fully saturated rings. The summed E-state index contributed by atoms with van der Waals surface area (Å²) in [5.41, 5.74) is 5.35. The quantitative estimate of drug-likeness (QED) is 0.575. The lowest BCUT2D eigenvalue weighted by atomic mass is 9.88. The molecule has 0 bridgehead atoms. The Hall–Kier alpha value is -2.14. The fraction of sp³-hybridized carbons (Fsp3) is 0.286. The van der Waals surface area contributed by atoms with Crippen molar-refractivity contribution in [1.82, 2.24) is 9.97 Å². The molecule has 1 aromatic heterocycles.